The fraction of sp³-hybridized carbons (Fsp3) is 0. The van der Waals surface area contributed by atoms with Gasteiger partial charge in [0.1, 0.15) is 15.8 Å². The van der Waals surface area contributed by atoms with Crippen molar-refractivity contribution in [2.75, 3.05) is 0 Å². The van der Waals surface area contributed by atoms with Gasteiger partial charge in [-0.3, -0.25) is 0 Å². The van der Waals surface area contributed by atoms with Crippen molar-refractivity contribution in [2.24, 2.45) is 0 Å². The predicted octanol–water partition coefficient (Wildman–Crippen LogP) is 0.0166. The first-order valence-electron chi connectivity index (χ1n) is 2.78. The summed E-state index contributed by atoms with van der Waals surface area (Å²) in [6.45, 7) is 0. The number of furan rings is 1. The zero-order chi connectivity index (χ0) is 6.97. The van der Waals surface area contributed by atoms with E-state index in [2.05, 4.69) is 20.2 Å². The molecular weight excluding hydrogens is 144 g/mol. The van der Waals surface area contributed by atoms with Crippen LogP contribution in [0.15, 0.2) is 22.9 Å². The van der Waals surface area contributed by atoms with Gasteiger partial charge in [0.25, 0.3) is 0 Å². The molecule has 3 radical (unpaired) electrons. The summed E-state index contributed by atoms with van der Waals surface area (Å²) >= 11 is 0. The molecule has 4 heteroatoms. The van der Waals surface area contributed by atoms with E-state index in [9.17, 15) is 0 Å². The fourth-order valence-corrected chi connectivity index (χ4v) is 0.951. The van der Waals surface area contributed by atoms with Gasteiger partial charge >= 0.3 is 0 Å². The van der Waals surface area contributed by atoms with Gasteiger partial charge in [-0.2, -0.15) is 0 Å². The second-order valence-corrected chi connectivity index (χ2v) is 2.31. The van der Waals surface area contributed by atoms with E-state index in [0.29, 0.717) is 11.0 Å². The van der Waals surface area contributed by atoms with Crippen molar-refractivity contribution in [3.63, 3.8) is 0 Å². The average Bonchev–Trinajstić information content (AvgIpc) is 2.33. The van der Waals surface area contributed by atoms with Crippen LogP contribution < -0.4 is 5.45 Å². The molecule has 0 bridgehead atoms. The fourth-order valence-electron chi connectivity index (χ4n) is 0.766. The first-order valence-corrected chi connectivity index (χ1v) is 3.28. The van der Waals surface area contributed by atoms with Gasteiger partial charge in [-0.1, -0.05) is 0 Å². The van der Waals surface area contributed by atoms with Gasteiger partial charge in [0.15, 0.2) is 5.58 Å². The summed E-state index contributed by atoms with van der Waals surface area (Å²) < 4.78 is 5.03. The Hall–Kier alpha value is -1.16. The Morgan fingerprint density at radius 2 is 2.40 bits per heavy atom. The summed E-state index contributed by atoms with van der Waals surface area (Å²) in [7, 11) is 3.20. The van der Waals surface area contributed by atoms with E-state index in [1.165, 1.54) is 0 Å². The lowest BCUT2D eigenvalue weighted by Gasteiger charge is -1.87. The minimum Gasteiger partial charge on any atom is -0.461 e. The van der Waals surface area contributed by atoms with Crippen molar-refractivity contribution in [2.45, 2.75) is 0 Å². The summed E-state index contributed by atoms with van der Waals surface area (Å²) in [6, 6.07) is 1.79. The molecule has 0 fully saturated rings. The maximum absolute atomic E-state index is 5.03. The largest absolute Gasteiger partial charge is 0.461 e. The number of fused-ring (bicyclic) bond motifs is 1. The maximum Gasteiger partial charge on any atom is 0.170 e. The van der Waals surface area contributed by atoms with Crippen LogP contribution >= 0.6 is 0 Å². The van der Waals surface area contributed by atoms with E-state index in [-0.39, 0.29) is 0 Å². The smallest absolute Gasteiger partial charge is 0.170 e. The van der Waals surface area contributed by atoms with Crippen LogP contribution in [0.4, 0.5) is 0 Å². The lowest BCUT2D eigenvalue weighted by atomic mass is 10.5. The molecule has 0 aromatic carbocycles. The van der Waals surface area contributed by atoms with E-state index in [4.69, 9.17) is 4.42 Å². The molecule has 3 nitrogen and oxygen atoms in total. The summed E-state index contributed by atoms with van der Waals surface area (Å²) in [5.41, 5.74) is 2.11. The van der Waals surface area contributed by atoms with Crippen LogP contribution in [-0.2, 0) is 0 Å². The molecule has 47 valence electrons. The van der Waals surface area contributed by atoms with Gasteiger partial charge in [-0.05, 0) is 0 Å². The molecule has 0 spiro atoms. The molecule has 0 aliphatic heterocycles. The zero-order valence-corrected chi connectivity index (χ0v) is 6.03. The summed E-state index contributed by atoms with van der Waals surface area (Å²) in [5, 5.41) is 0. The van der Waals surface area contributed by atoms with Gasteiger partial charge in [-0.15, -0.1) is 0 Å². The normalized spacial score (nSPS) is 10.5. The van der Waals surface area contributed by atoms with E-state index in [1.807, 2.05) is 0 Å². The Morgan fingerprint density at radius 3 is 3.30 bits per heavy atom. The molecule has 2 heterocycles. The Balaban J connectivity index is 2.86. The molecule has 0 aliphatic carbocycles. The molecule has 2 rings (SSSR count). The van der Waals surface area contributed by atoms with Crippen LogP contribution in [0.25, 0.3) is 11.1 Å². The van der Waals surface area contributed by atoms with Crippen LogP contribution in [-0.4, -0.2) is 20.2 Å². The Labute approximate surface area is 60.5 Å². The second-order valence-electron chi connectivity index (χ2n) is 1.86. The average molecular weight is 147 g/mol. The zero-order valence-electron chi connectivity index (χ0n) is 5.03. The lowest BCUT2D eigenvalue weighted by Crippen LogP contribution is -2.11. The molecule has 0 amide bonds. The molecule has 0 N–H and O–H groups in total. The van der Waals surface area contributed by atoms with Crippen molar-refractivity contribution in [1.82, 2.24) is 9.97 Å². The highest BCUT2D eigenvalue weighted by molar-refractivity contribution is 6.29. The van der Waals surface area contributed by atoms with Crippen molar-refractivity contribution >= 4 is 26.8 Å². The number of hydrogen-bond acceptors (Lipinski definition) is 3. The topological polar surface area (TPSA) is 38.9 Å². The third-order valence-corrected chi connectivity index (χ3v) is 1.44. The number of rotatable bonds is 0. The van der Waals surface area contributed by atoms with Crippen molar-refractivity contribution in [3.8, 4) is 0 Å². The maximum atomic E-state index is 5.03. The lowest BCUT2D eigenvalue weighted by molar-refractivity contribution is 0.614. The van der Waals surface area contributed by atoms with Crippen LogP contribution in [0.5, 0.6) is 0 Å². The van der Waals surface area contributed by atoms with Gasteiger partial charge in [-0.25, -0.2) is 9.97 Å². The number of nitrogens with zero attached hydrogens (tertiary/aromatic N) is 2. The molecule has 0 aliphatic rings. The van der Waals surface area contributed by atoms with Crippen LogP contribution in [0.2, 0.25) is 0 Å². The van der Waals surface area contributed by atoms with Gasteiger partial charge in [0, 0.05) is 6.07 Å². The summed E-state index contributed by atoms with van der Waals surface area (Å²) in [4.78, 5) is 7.93. The molecular formula is C6H3N2OSi. The summed E-state index contributed by atoms with van der Waals surface area (Å²) in [5.74, 6) is 0. The Bertz CT molecular complexity index is 357. The highest BCUT2D eigenvalue weighted by Crippen LogP contribution is 2.07. The highest BCUT2D eigenvalue weighted by Gasteiger charge is 1.96. The van der Waals surface area contributed by atoms with Gasteiger partial charge in [0.2, 0.25) is 0 Å². The van der Waals surface area contributed by atoms with E-state index < -0.39 is 0 Å². The SMILES string of the molecule is [Si]c1ncc2occc2n1. The third kappa shape index (κ3) is 0.732. The highest BCUT2D eigenvalue weighted by atomic mass is 28.1. The molecule has 0 saturated heterocycles. The van der Waals surface area contributed by atoms with Crippen molar-refractivity contribution in [3.05, 3.63) is 18.5 Å². The van der Waals surface area contributed by atoms with E-state index in [0.717, 1.165) is 5.52 Å². The van der Waals surface area contributed by atoms with Crippen molar-refractivity contribution < 1.29 is 4.42 Å². The minimum atomic E-state index is 0.578. The van der Waals surface area contributed by atoms with Crippen molar-refractivity contribution in [1.29, 1.82) is 0 Å². The van der Waals surface area contributed by atoms with Crippen LogP contribution in [0.1, 0.15) is 0 Å². The second kappa shape index (κ2) is 1.91. The number of hydrogen-bond donors (Lipinski definition) is 0. The Morgan fingerprint density at radius 1 is 1.50 bits per heavy atom. The minimum absolute atomic E-state index is 0.578. The molecule has 2 aromatic rings. The molecule has 0 unspecified atom stereocenters. The number of aromatic nitrogens is 2. The first-order chi connectivity index (χ1) is 4.86. The molecule has 0 saturated carbocycles. The molecule has 10 heavy (non-hydrogen) atoms. The van der Waals surface area contributed by atoms with Crippen LogP contribution in [0, 0.1) is 0 Å². The standard InChI is InChI=1S/C6H3N2OSi/c10-6-7-3-5-4(8-6)1-2-9-5/h1-3H. The van der Waals surface area contributed by atoms with Gasteiger partial charge in [0.05, 0.1) is 17.9 Å². The third-order valence-electron chi connectivity index (χ3n) is 1.20. The monoisotopic (exact) mass is 147 g/mol. The summed E-state index contributed by atoms with van der Waals surface area (Å²) in [6.07, 6.45) is 3.22. The molecule has 0 atom stereocenters. The van der Waals surface area contributed by atoms with Gasteiger partial charge < -0.3 is 4.42 Å². The molecule has 2 aromatic heterocycles. The Kier molecular flexibility index (Phi) is 1.07. The predicted molar refractivity (Wildman–Crippen MR) is 37.2 cm³/mol. The van der Waals surface area contributed by atoms with E-state index in [1.54, 1.807) is 18.5 Å². The van der Waals surface area contributed by atoms with Crippen LogP contribution in [0.3, 0.4) is 0 Å². The first kappa shape index (κ1) is 5.61. The van der Waals surface area contributed by atoms with E-state index >= 15 is 0 Å². The quantitative estimate of drug-likeness (QED) is 0.493.